The van der Waals surface area contributed by atoms with Gasteiger partial charge in [-0.2, -0.15) is 0 Å². The van der Waals surface area contributed by atoms with Crippen molar-refractivity contribution in [3.8, 4) is 0 Å². The monoisotopic (exact) mass is 464 g/mol. The van der Waals surface area contributed by atoms with Crippen molar-refractivity contribution >= 4 is 46.8 Å². The van der Waals surface area contributed by atoms with E-state index >= 15 is 0 Å². The van der Waals surface area contributed by atoms with Crippen LogP contribution in [-0.2, 0) is 14.3 Å². The van der Waals surface area contributed by atoms with Crippen molar-refractivity contribution in [2.24, 2.45) is 0 Å². The second-order valence-electron chi connectivity index (χ2n) is 6.55. The van der Waals surface area contributed by atoms with Gasteiger partial charge < -0.3 is 4.74 Å². The van der Waals surface area contributed by atoms with Gasteiger partial charge in [0.25, 0.3) is 5.91 Å². The second kappa shape index (κ2) is 12.7. The van der Waals surface area contributed by atoms with Crippen LogP contribution in [0.5, 0.6) is 0 Å². The summed E-state index contributed by atoms with van der Waals surface area (Å²) >= 11 is 11.6. The fourth-order valence-electron chi connectivity index (χ4n) is 2.60. The molecule has 0 saturated carbocycles. The molecule has 2 aromatic rings. The van der Waals surface area contributed by atoms with Crippen molar-refractivity contribution < 1.29 is 23.9 Å². The molecule has 31 heavy (non-hydrogen) atoms. The van der Waals surface area contributed by atoms with E-state index in [1.165, 1.54) is 0 Å². The molecule has 2 aromatic carbocycles. The van der Waals surface area contributed by atoms with Gasteiger partial charge in [-0.3, -0.25) is 30.0 Å². The Labute approximate surface area is 190 Å². The Morgan fingerprint density at radius 1 is 0.871 bits per heavy atom. The van der Waals surface area contributed by atoms with E-state index in [1.807, 2.05) is 0 Å². The van der Waals surface area contributed by atoms with E-state index in [0.717, 1.165) is 0 Å². The number of carbonyl (C=O) groups is 4. The van der Waals surface area contributed by atoms with Crippen molar-refractivity contribution in [2.75, 3.05) is 5.88 Å². The van der Waals surface area contributed by atoms with Gasteiger partial charge in [0.15, 0.2) is 6.10 Å². The van der Waals surface area contributed by atoms with Crippen LogP contribution >= 0.6 is 23.2 Å². The molecule has 0 aliphatic rings. The van der Waals surface area contributed by atoms with Gasteiger partial charge in [0.05, 0.1) is 0 Å². The van der Waals surface area contributed by atoms with Gasteiger partial charge in [0, 0.05) is 41.3 Å². The predicted molar refractivity (Wildman–Crippen MR) is 117 cm³/mol. The third-order valence-electron chi connectivity index (χ3n) is 4.20. The first-order valence-corrected chi connectivity index (χ1v) is 10.5. The second-order valence-corrected chi connectivity index (χ2v) is 7.36. The van der Waals surface area contributed by atoms with Gasteiger partial charge in [-0.1, -0.05) is 29.8 Å². The summed E-state index contributed by atoms with van der Waals surface area (Å²) in [7, 11) is 0. The van der Waals surface area contributed by atoms with Crippen LogP contribution in [0.25, 0.3) is 0 Å². The SMILES string of the molecule is O=C(CCCC(=O)OC(CCCl)C(=O)c1ccc(Cl)cc1)NNC(=O)c1ccccc1. The average molecular weight is 465 g/mol. The summed E-state index contributed by atoms with van der Waals surface area (Å²) in [6, 6.07) is 14.7. The molecule has 0 aromatic heterocycles. The summed E-state index contributed by atoms with van der Waals surface area (Å²) in [6.45, 7) is 0. The first-order valence-electron chi connectivity index (χ1n) is 9.60. The van der Waals surface area contributed by atoms with E-state index in [1.54, 1.807) is 54.6 Å². The van der Waals surface area contributed by atoms with Gasteiger partial charge in [-0.05, 0) is 42.8 Å². The molecule has 1 atom stereocenters. The van der Waals surface area contributed by atoms with Crippen molar-refractivity contribution in [2.45, 2.75) is 31.8 Å². The molecule has 0 radical (unpaired) electrons. The Bertz CT molecular complexity index is 904. The number of esters is 1. The van der Waals surface area contributed by atoms with Gasteiger partial charge in [-0.25, -0.2) is 0 Å². The largest absolute Gasteiger partial charge is 0.454 e. The fourth-order valence-corrected chi connectivity index (χ4v) is 2.93. The number of Topliss-reactive ketones (excluding diaryl/α,β-unsaturated/α-hetero) is 1. The molecule has 1 unspecified atom stereocenters. The van der Waals surface area contributed by atoms with Crippen LogP contribution in [0.4, 0.5) is 0 Å². The van der Waals surface area contributed by atoms with Crippen LogP contribution in [0, 0.1) is 0 Å². The third kappa shape index (κ3) is 8.39. The minimum Gasteiger partial charge on any atom is -0.454 e. The Balaban J connectivity index is 1.74. The van der Waals surface area contributed by atoms with E-state index in [0.29, 0.717) is 16.1 Å². The van der Waals surface area contributed by atoms with Gasteiger partial charge in [0.1, 0.15) is 0 Å². The summed E-state index contributed by atoms with van der Waals surface area (Å²) in [6.07, 6.45) is -0.720. The standard InChI is InChI=1S/C22H22Cl2N2O5/c23-14-13-18(21(29)15-9-11-17(24)12-10-15)31-20(28)8-4-7-19(27)25-26-22(30)16-5-2-1-3-6-16/h1-3,5-6,9-12,18H,4,7-8,13-14H2,(H,25,27)(H,26,30). The zero-order valence-corrected chi connectivity index (χ0v) is 18.1. The third-order valence-corrected chi connectivity index (χ3v) is 4.67. The number of benzene rings is 2. The number of hydrogen-bond donors (Lipinski definition) is 2. The maximum absolute atomic E-state index is 12.5. The smallest absolute Gasteiger partial charge is 0.306 e. The first-order chi connectivity index (χ1) is 14.9. The Morgan fingerprint density at radius 3 is 2.19 bits per heavy atom. The van der Waals surface area contributed by atoms with Crippen molar-refractivity contribution in [3.63, 3.8) is 0 Å². The molecule has 7 nitrogen and oxygen atoms in total. The summed E-state index contributed by atoms with van der Waals surface area (Å²) in [5.74, 6) is -1.74. The highest BCUT2D eigenvalue weighted by molar-refractivity contribution is 6.30. The lowest BCUT2D eigenvalue weighted by molar-refractivity contribution is -0.147. The van der Waals surface area contributed by atoms with Crippen molar-refractivity contribution in [1.82, 2.24) is 10.9 Å². The zero-order chi connectivity index (χ0) is 22.6. The highest BCUT2D eigenvalue weighted by atomic mass is 35.5. The predicted octanol–water partition coefficient (Wildman–Crippen LogP) is 3.69. The number of halogens is 2. The lowest BCUT2D eigenvalue weighted by Crippen LogP contribution is -2.41. The quantitative estimate of drug-likeness (QED) is 0.241. The van der Waals surface area contributed by atoms with Gasteiger partial charge in [-0.15, -0.1) is 11.6 Å². The minimum absolute atomic E-state index is 0.00449. The maximum atomic E-state index is 12.5. The van der Waals surface area contributed by atoms with Gasteiger partial charge >= 0.3 is 5.97 Å². The fraction of sp³-hybridized carbons (Fsp3) is 0.273. The highest BCUT2D eigenvalue weighted by Gasteiger charge is 2.23. The molecule has 164 valence electrons. The van der Waals surface area contributed by atoms with Crippen molar-refractivity contribution in [1.29, 1.82) is 0 Å². The summed E-state index contributed by atoms with van der Waals surface area (Å²) in [4.78, 5) is 48.4. The van der Waals surface area contributed by atoms with Crippen LogP contribution < -0.4 is 10.9 Å². The van der Waals surface area contributed by atoms with E-state index in [2.05, 4.69) is 10.9 Å². The highest BCUT2D eigenvalue weighted by Crippen LogP contribution is 2.15. The zero-order valence-electron chi connectivity index (χ0n) is 16.6. The number of carbonyl (C=O) groups excluding carboxylic acids is 4. The molecule has 0 heterocycles. The molecule has 0 bridgehead atoms. The summed E-state index contributed by atoms with van der Waals surface area (Å²) < 4.78 is 5.27. The number of hydrogen-bond acceptors (Lipinski definition) is 5. The maximum Gasteiger partial charge on any atom is 0.306 e. The number of alkyl halides is 1. The molecule has 9 heteroatoms. The van der Waals surface area contributed by atoms with E-state index in [-0.39, 0.29) is 37.3 Å². The van der Waals surface area contributed by atoms with Crippen molar-refractivity contribution in [3.05, 3.63) is 70.7 Å². The number of nitrogens with one attached hydrogen (secondary N) is 2. The molecule has 0 saturated heterocycles. The Hall–Kier alpha value is -2.90. The minimum atomic E-state index is -1.01. The lowest BCUT2D eigenvalue weighted by atomic mass is 10.0. The normalized spacial score (nSPS) is 11.3. The molecule has 0 fully saturated rings. The lowest BCUT2D eigenvalue weighted by Gasteiger charge is -2.16. The number of rotatable bonds is 10. The molecule has 0 spiro atoms. The van der Waals surface area contributed by atoms with Crippen LogP contribution in [0.1, 0.15) is 46.4 Å². The molecule has 2 N–H and O–H groups in total. The van der Waals surface area contributed by atoms with E-state index in [9.17, 15) is 19.2 Å². The number of amides is 2. The van der Waals surface area contributed by atoms with Crippen LogP contribution in [-0.4, -0.2) is 35.6 Å². The van der Waals surface area contributed by atoms with Crippen LogP contribution in [0.15, 0.2) is 54.6 Å². The summed E-state index contributed by atoms with van der Waals surface area (Å²) in [5.41, 5.74) is 5.35. The molecule has 2 rings (SSSR count). The van der Waals surface area contributed by atoms with Crippen LogP contribution in [0.3, 0.4) is 0 Å². The Kier molecular flexibility index (Phi) is 10.00. The first kappa shape index (κ1) is 24.4. The summed E-state index contributed by atoms with van der Waals surface area (Å²) in [5, 5.41) is 0.487. The topological polar surface area (TPSA) is 102 Å². The Morgan fingerprint density at radius 2 is 1.55 bits per heavy atom. The van der Waals surface area contributed by atoms with Crippen LogP contribution in [0.2, 0.25) is 5.02 Å². The number of ketones is 1. The molecule has 0 aliphatic heterocycles. The average Bonchev–Trinajstić information content (AvgIpc) is 2.77. The van der Waals surface area contributed by atoms with Gasteiger partial charge in [0.2, 0.25) is 11.7 Å². The molecule has 2 amide bonds. The number of ether oxygens (including phenoxy) is 1. The van der Waals surface area contributed by atoms with E-state index in [4.69, 9.17) is 27.9 Å². The molecular formula is C22H22Cl2N2O5. The van der Waals surface area contributed by atoms with E-state index < -0.39 is 23.9 Å². The molecule has 0 aliphatic carbocycles. The number of hydrazine groups is 1. The molecular weight excluding hydrogens is 443 g/mol.